The molecule has 1 aromatic carbocycles. The van der Waals surface area contributed by atoms with E-state index in [1.807, 2.05) is 25.1 Å². The van der Waals surface area contributed by atoms with Crippen LogP contribution in [-0.2, 0) is 0 Å². The average Bonchev–Trinajstić information content (AvgIpc) is 2.30. The Labute approximate surface area is 111 Å². The van der Waals surface area contributed by atoms with Crippen molar-refractivity contribution in [1.82, 2.24) is 0 Å². The van der Waals surface area contributed by atoms with E-state index in [0.717, 1.165) is 17.7 Å². The number of hydrogen-bond acceptors (Lipinski definition) is 2. The number of hydrogen-bond donors (Lipinski definition) is 1. The Hall–Kier alpha value is -0.730. The molecule has 0 aliphatic carbocycles. The molecule has 0 aliphatic rings. The molecule has 3 heteroatoms. The lowest BCUT2D eigenvalue weighted by molar-refractivity contribution is 0.333. The molecule has 0 aliphatic heterocycles. The normalized spacial score (nSPS) is 11.7. The molecule has 2 N–H and O–H groups in total. The molecular weight excluding hydrogens is 234 g/mol. The summed E-state index contributed by atoms with van der Waals surface area (Å²) in [6, 6.07) is 8.19. The third-order valence-corrected chi connectivity index (χ3v) is 2.74. The quantitative estimate of drug-likeness (QED) is 0.747. The number of para-hydroxylation sites is 1. The minimum atomic E-state index is 0. The van der Waals surface area contributed by atoms with Crippen LogP contribution in [0.5, 0.6) is 5.75 Å². The molecule has 0 bridgehead atoms. The third kappa shape index (κ3) is 5.42. The van der Waals surface area contributed by atoms with Gasteiger partial charge >= 0.3 is 0 Å². The van der Waals surface area contributed by atoms with Gasteiger partial charge in [-0.15, -0.1) is 12.4 Å². The monoisotopic (exact) mass is 257 g/mol. The Balaban J connectivity index is 0.00000256. The van der Waals surface area contributed by atoms with E-state index in [2.05, 4.69) is 13.0 Å². The standard InChI is InChI=1S/C14H23NO.ClH/c1-3-5-6-10-13(15)12-9-7-8-11-14(12)16-4-2;/h7-9,11,13H,3-6,10,15H2,1-2H3;1H/t13-;/m1./s1. The Bertz CT molecular complexity index is 304. The van der Waals surface area contributed by atoms with Crippen molar-refractivity contribution in [3.63, 3.8) is 0 Å². The zero-order chi connectivity index (χ0) is 11.8. The molecule has 0 saturated carbocycles. The van der Waals surface area contributed by atoms with Crippen molar-refractivity contribution in [1.29, 1.82) is 0 Å². The number of ether oxygens (including phenoxy) is 1. The van der Waals surface area contributed by atoms with Crippen molar-refractivity contribution >= 4 is 12.4 Å². The minimum absolute atomic E-state index is 0. The van der Waals surface area contributed by atoms with Crippen LogP contribution in [-0.4, -0.2) is 6.61 Å². The van der Waals surface area contributed by atoms with Gasteiger partial charge < -0.3 is 10.5 Å². The molecule has 0 aromatic heterocycles. The van der Waals surface area contributed by atoms with E-state index in [4.69, 9.17) is 10.5 Å². The predicted molar refractivity (Wildman–Crippen MR) is 75.9 cm³/mol. The van der Waals surface area contributed by atoms with Gasteiger partial charge in [-0.05, 0) is 19.4 Å². The highest BCUT2D eigenvalue weighted by atomic mass is 35.5. The number of unbranched alkanes of at least 4 members (excludes halogenated alkanes) is 2. The molecule has 1 aromatic rings. The van der Waals surface area contributed by atoms with Crippen LogP contribution in [0.1, 0.15) is 51.1 Å². The maximum atomic E-state index is 6.19. The van der Waals surface area contributed by atoms with Crippen LogP contribution < -0.4 is 10.5 Å². The first kappa shape index (κ1) is 16.3. The zero-order valence-electron chi connectivity index (χ0n) is 10.8. The lowest BCUT2D eigenvalue weighted by Gasteiger charge is -2.16. The van der Waals surface area contributed by atoms with E-state index in [-0.39, 0.29) is 18.4 Å². The number of halogens is 1. The van der Waals surface area contributed by atoms with Crippen molar-refractivity contribution in [3.8, 4) is 5.75 Å². The minimum Gasteiger partial charge on any atom is -0.494 e. The first-order valence-electron chi connectivity index (χ1n) is 6.26. The van der Waals surface area contributed by atoms with Crippen LogP contribution in [0.15, 0.2) is 24.3 Å². The molecule has 0 saturated heterocycles. The fourth-order valence-electron chi connectivity index (χ4n) is 1.84. The van der Waals surface area contributed by atoms with Gasteiger partial charge in [0.15, 0.2) is 0 Å². The summed E-state index contributed by atoms with van der Waals surface area (Å²) in [5, 5.41) is 0. The fourth-order valence-corrected chi connectivity index (χ4v) is 1.84. The van der Waals surface area contributed by atoms with E-state index in [1.165, 1.54) is 19.3 Å². The zero-order valence-corrected chi connectivity index (χ0v) is 11.6. The van der Waals surface area contributed by atoms with Gasteiger partial charge in [-0.25, -0.2) is 0 Å². The number of rotatable bonds is 7. The Morgan fingerprint density at radius 3 is 2.53 bits per heavy atom. The maximum absolute atomic E-state index is 6.19. The van der Waals surface area contributed by atoms with E-state index in [0.29, 0.717) is 6.61 Å². The number of nitrogens with two attached hydrogens (primary N) is 1. The molecule has 1 atom stereocenters. The third-order valence-electron chi connectivity index (χ3n) is 2.74. The molecule has 0 fully saturated rings. The molecular formula is C14H24ClNO. The Morgan fingerprint density at radius 1 is 1.18 bits per heavy atom. The van der Waals surface area contributed by atoms with Gasteiger partial charge in [0.1, 0.15) is 5.75 Å². The second kappa shape index (κ2) is 9.32. The van der Waals surface area contributed by atoms with Crippen LogP contribution in [0.3, 0.4) is 0 Å². The summed E-state index contributed by atoms with van der Waals surface area (Å²) in [5.41, 5.74) is 7.33. The average molecular weight is 258 g/mol. The van der Waals surface area contributed by atoms with Crippen LogP contribution in [0, 0.1) is 0 Å². The van der Waals surface area contributed by atoms with Crippen LogP contribution in [0.2, 0.25) is 0 Å². The van der Waals surface area contributed by atoms with Crippen molar-refractivity contribution in [2.45, 2.75) is 45.6 Å². The van der Waals surface area contributed by atoms with Gasteiger partial charge in [-0.3, -0.25) is 0 Å². The lowest BCUT2D eigenvalue weighted by Crippen LogP contribution is -2.12. The second-order valence-corrected chi connectivity index (χ2v) is 4.07. The van der Waals surface area contributed by atoms with Crippen molar-refractivity contribution in [2.75, 3.05) is 6.61 Å². The molecule has 1 rings (SSSR count). The first-order chi connectivity index (χ1) is 7.79. The molecule has 0 amide bonds. The molecule has 17 heavy (non-hydrogen) atoms. The molecule has 2 nitrogen and oxygen atoms in total. The summed E-state index contributed by atoms with van der Waals surface area (Å²) in [7, 11) is 0. The van der Waals surface area contributed by atoms with Crippen molar-refractivity contribution in [2.24, 2.45) is 5.73 Å². The summed E-state index contributed by atoms with van der Waals surface area (Å²) in [6.45, 7) is 4.90. The maximum Gasteiger partial charge on any atom is 0.124 e. The molecule has 0 spiro atoms. The van der Waals surface area contributed by atoms with Gasteiger partial charge in [0.05, 0.1) is 6.61 Å². The van der Waals surface area contributed by atoms with Gasteiger partial charge in [-0.1, -0.05) is 44.4 Å². The Morgan fingerprint density at radius 2 is 1.88 bits per heavy atom. The largest absolute Gasteiger partial charge is 0.494 e. The summed E-state index contributed by atoms with van der Waals surface area (Å²) in [6.07, 6.45) is 4.72. The smallest absolute Gasteiger partial charge is 0.124 e. The van der Waals surface area contributed by atoms with E-state index in [1.54, 1.807) is 0 Å². The summed E-state index contributed by atoms with van der Waals surface area (Å²) in [5.74, 6) is 0.939. The predicted octanol–water partition coefficient (Wildman–Crippen LogP) is 4.09. The lowest BCUT2D eigenvalue weighted by atomic mass is 10.0. The number of benzene rings is 1. The van der Waals surface area contributed by atoms with Gasteiger partial charge in [0, 0.05) is 11.6 Å². The second-order valence-electron chi connectivity index (χ2n) is 4.07. The van der Waals surface area contributed by atoms with Gasteiger partial charge in [0.25, 0.3) is 0 Å². The fraction of sp³-hybridized carbons (Fsp3) is 0.571. The van der Waals surface area contributed by atoms with Crippen molar-refractivity contribution < 1.29 is 4.74 Å². The summed E-state index contributed by atoms with van der Waals surface area (Å²) in [4.78, 5) is 0. The topological polar surface area (TPSA) is 35.2 Å². The Kier molecular flexibility index (Phi) is 8.92. The highest BCUT2D eigenvalue weighted by Crippen LogP contribution is 2.26. The van der Waals surface area contributed by atoms with Crippen LogP contribution in [0.25, 0.3) is 0 Å². The van der Waals surface area contributed by atoms with Crippen LogP contribution in [0.4, 0.5) is 0 Å². The summed E-state index contributed by atoms with van der Waals surface area (Å²) >= 11 is 0. The van der Waals surface area contributed by atoms with E-state index < -0.39 is 0 Å². The van der Waals surface area contributed by atoms with Gasteiger partial charge in [0.2, 0.25) is 0 Å². The van der Waals surface area contributed by atoms with E-state index in [9.17, 15) is 0 Å². The van der Waals surface area contributed by atoms with E-state index >= 15 is 0 Å². The molecule has 98 valence electrons. The SMILES string of the molecule is CCCCC[C@@H](N)c1ccccc1OCC.Cl. The molecule has 0 radical (unpaired) electrons. The highest BCUT2D eigenvalue weighted by molar-refractivity contribution is 5.85. The molecule has 0 unspecified atom stereocenters. The van der Waals surface area contributed by atoms with Gasteiger partial charge in [-0.2, -0.15) is 0 Å². The first-order valence-corrected chi connectivity index (χ1v) is 6.26. The van der Waals surface area contributed by atoms with Crippen LogP contribution >= 0.6 is 12.4 Å². The van der Waals surface area contributed by atoms with Crippen molar-refractivity contribution in [3.05, 3.63) is 29.8 Å². The summed E-state index contributed by atoms with van der Waals surface area (Å²) < 4.78 is 5.58. The molecule has 0 heterocycles. The highest BCUT2D eigenvalue weighted by Gasteiger charge is 2.10.